The van der Waals surface area contributed by atoms with Crippen LogP contribution in [-0.2, 0) is 4.57 Å². The highest BCUT2D eigenvalue weighted by molar-refractivity contribution is 7.53. The van der Waals surface area contributed by atoms with Crippen molar-refractivity contribution < 1.29 is 23.9 Å². The number of hydrogen-bond acceptors (Lipinski definition) is 2. The van der Waals surface area contributed by atoms with Gasteiger partial charge in [-0.15, -0.1) is 0 Å². The molecule has 0 aliphatic rings. The Hall–Kier alpha value is 0.0700. The lowest BCUT2D eigenvalue weighted by Crippen LogP contribution is -2.58. The summed E-state index contributed by atoms with van der Waals surface area (Å²) in [6.07, 6.45) is 6.22. The van der Waals surface area contributed by atoms with Crippen molar-refractivity contribution >= 4 is 7.60 Å². The quantitative estimate of drug-likeness (QED) is 0.310. The Morgan fingerprint density at radius 3 is 1.86 bits per heavy atom. The first-order chi connectivity index (χ1) is 9.50. The van der Waals surface area contributed by atoms with E-state index in [1.54, 1.807) is 0 Å². The van der Waals surface area contributed by atoms with E-state index in [0.717, 1.165) is 32.1 Å². The van der Waals surface area contributed by atoms with Crippen LogP contribution >= 0.6 is 7.60 Å². The normalized spacial score (nSPS) is 17.5. The molecule has 5 nitrogen and oxygen atoms in total. The Morgan fingerprint density at radius 2 is 1.48 bits per heavy atom. The van der Waals surface area contributed by atoms with Gasteiger partial charge in [0, 0.05) is 6.42 Å². The van der Waals surface area contributed by atoms with Crippen LogP contribution in [0.4, 0.5) is 0 Å². The molecule has 21 heavy (non-hydrogen) atoms. The van der Waals surface area contributed by atoms with Gasteiger partial charge in [0.2, 0.25) is 5.34 Å². The van der Waals surface area contributed by atoms with Gasteiger partial charge in [-0.05, 0) is 19.3 Å². The number of likely N-dealkylation sites (N-methyl/N-ethyl adjacent to an activating group) is 1. The summed E-state index contributed by atoms with van der Waals surface area (Å²) in [5, 5.41) is 8.97. The molecule has 0 aliphatic carbocycles. The van der Waals surface area contributed by atoms with Crippen LogP contribution in [0.3, 0.4) is 0 Å². The van der Waals surface area contributed by atoms with Gasteiger partial charge in [-0.3, -0.25) is 4.57 Å². The first-order valence-electron chi connectivity index (χ1n) is 8.09. The minimum atomic E-state index is -4.59. The number of nitrogens with zero attached hydrogens (tertiary/aromatic N) is 1. The summed E-state index contributed by atoms with van der Waals surface area (Å²) >= 11 is 0. The maximum Gasteiger partial charge on any atom is 0.363 e. The predicted octanol–water partition coefficient (Wildman–Crippen LogP) is 3.09. The van der Waals surface area contributed by atoms with Crippen LogP contribution in [0.5, 0.6) is 0 Å². The summed E-state index contributed by atoms with van der Waals surface area (Å²) in [4.78, 5) is 19.6. The summed E-state index contributed by atoms with van der Waals surface area (Å²) in [6, 6.07) is -0.457. The van der Waals surface area contributed by atoms with Gasteiger partial charge in [-0.2, -0.15) is 0 Å². The number of unbranched alkanes of at least 4 members (excludes halogenated alkanes) is 4. The maximum absolute atomic E-state index is 12.0. The van der Waals surface area contributed by atoms with Crippen LogP contribution in [0, 0.1) is 0 Å². The van der Waals surface area contributed by atoms with Crippen molar-refractivity contribution in [1.29, 1.82) is 0 Å². The lowest BCUT2D eigenvalue weighted by Gasteiger charge is -2.44. The molecular formula is C15H35NO4P+. The molecule has 0 saturated heterocycles. The van der Waals surface area contributed by atoms with E-state index >= 15 is 0 Å². The minimum absolute atomic E-state index is 0.164. The fraction of sp³-hybridized carbons (Fsp3) is 1.00. The van der Waals surface area contributed by atoms with E-state index in [1.165, 1.54) is 0 Å². The van der Waals surface area contributed by atoms with Crippen molar-refractivity contribution in [2.24, 2.45) is 0 Å². The molecule has 0 heterocycles. The van der Waals surface area contributed by atoms with Gasteiger partial charge in [-0.25, -0.2) is 0 Å². The second-order valence-electron chi connectivity index (χ2n) is 7.01. The number of aliphatic hydroxyl groups is 1. The first-order valence-corrected chi connectivity index (χ1v) is 9.71. The fourth-order valence-electron chi connectivity index (χ4n) is 2.97. The maximum atomic E-state index is 12.0. The lowest BCUT2D eigenvalue weighted by atomic mass is 9.95. The zero-order chi connectivity index (χ0) is 16.7. The Kier molecular flexibility index (Phi) is 8.67. The standard InChI is InChI=1S/C15H34NO4P/c1-6-8-10-12-14(16(3,4)5)15(17,21(18,19)20)13-11-9-7-2/h14,17H,6-13H2,1-5H3,(H-,18,19,20)/p+1. The van der Waals surface area contributed by atoms with Crippen LogP contribution in [0.25, 0.3) is 0 Å². The Morgan fingerprint density at radius 1 is 1.00 bits per heavy atom. The first kappa shape index (κ1) is 21.1. The highest BCUT2D eigenvalue weighted by atomic mass is 31.2. The van der Waals surface area contributed by atoms with Crippen LogP contribution in [0.1, 0.15) is 65.2 Å². The number of rotatable bonds is 11. The van der Waals surface area contributed by atoms with Crippen LogP contribution < -0.4 is 0 Å². The van der Waals surface area contributed by atoms with Gasteiger partial charge in [0.25, 0.3) is 0 Å². The highest BCUT2D eigenvalue weighted by Gasteiger charge is 2.56. The summed E-state index contributed by atoms with van der Waals surface area (Å²) in [5.74, 6) is 0. The van der Waals surface area contributed by atoms with E-state index in [0.29, 0.717) is 17.3 Å². The number of quaternary nitrogens is 1. The molecule has 0 aromatic heterocycles. The van der Waals surface area contributed by atoms with Crippen LogP contribution in [0.2, 0.25) is 0 Å². The molecule has 6 heteroatoms. The molecule has 0 saturated carbocycles. The zero-order valence-corrected chi connectivity index (χ0v) is 15.3. The van der Waals surface area contributed by atoms with Crippen molar-refractivity contribution in [2.75, 3.05) is 21.1 Å². The SMILES string of the molecule is CCCCCC(C(O)(CCCCC)P(=O)(O)O)[N+](C)(C)C. The Bertz CT molecular complexity index is 337. The molecule has 3 N–H and O–H groups in total. The van der Waals surface area contributed by atoms with Crippen LogP contribution in [-0.4, -0.2) is 51.9 Å². The van der Waals surface area contributed by atoms with Crippen LogP contribution in [0.15, 0.2) is 0 Å². The zero-order valence-electron chi connectivity index (χ0n) is 14.4. The van der Waals surface area contributed by atoms with Crippen molar-refractivity contribution in [3.05, 3.63) is 0 Å². The molecule has 128 valence electrons. The average Bonchev–Trinajstić information content (AvgIpc) is 2.31. The molecule has 0 radical (unpaired) electrons. The average molecular weight is 324 g/mol. The van der Waals surface area contributed by atoms with Gasteiger partial charge < -0.3 is 19.4 Å². The molecular weight excluding hydrogens is 289 g/mol. The molecule has 0 aromatic carbocycles. The molecule has 0 bridgehead atoms. The van der Waals surface area contributed by atoms with Crippen molar-refractivity contribution in [3.8, 4) is 0 Å². The van der Waals surface area contributed by atoms with Crippen molar-refractivity contribution in [2.45, 2.75) is 76.6 Å². The largest absolute Gasteiger partial charge is 0.373 e. The van der Waals surface area contributed by atoms with E-state index in [4.69, 9.17) is 0 Å². The molecule has 0 amide bonds. The second-order valence-corrected chi connectivity index (χ2v) is 8.87. The third-order valence-electron chi connectivity index (χ3n) is 4.20. The summed E-state index contributed by atoms with van der Waals surface area (Å²) < 4.78 is 12.4. The molecule has 2 unspecified atom stereocenters. The monoisotopic (exact) mass is 324 g/mol. The molecule has 0 rings (SSSR count). The minimum Gasteiger partial charge on any atom is -0.373 e. The third-order valence-corrected chi connectivity index (χ3v) is 5.73. The summed E-state index contributed by atoms with van der Waals surface area (Å²) in [6.45, 7) is 4.13. The number of hydrogen-bond donors (Lipinski definition) is 3. The van der Waals surface area contributed by atoms with Gasteiger partial charge >= 0.3 is 7.60 Å². The van der Waals surface area contributed by atoms with E-state index in [-0.39, 0.29) is 6.42 Å². The van der Waals surface area contributed by atoms with E-state index in [9.17, 15) is 19.5 Å². The van der Waals surface area contributed by atoms with E-state index < -0.39 is 19.0 Å². The third kappa shape index (κ3) is 6.37. The van der Waals surface area contributed by atoms with Gasteiger partial charge in [-0.1, -0.05) is 39.5 Å². The van der Waals surface area contributed by atoms with Gasteiger partial charge in [0.1, 0.15) is 6.04 Å². The Labute approximate surface area is 130 Å². The Balaban J connectivity index is 5.32. The molecule has 2 atom stereocenters. The molecule has 0 aromatic rings. The predicted molar refractivity (Wildman–Crippen MR) is 87.1 cm³/mol. The van der Waals surface area contributed by atoms with Gasteiger partial charge in [0.15, 0.2) is 0 Å². The summed E-state index contributed by atoms with van der Waals surface area (Å²) in [7, 11) is 1.11. The van der Waals surface area contributed by atoms with Crippen molar-refractivity contribution in [3.63, 3.8) is 0 Å². The second kappa shape index (κ2) is 8.64. The van der Waals surface area contributed by atoms with Crippen molar-refractivity contribution in [1.82, 2.24) is 0 Å². The van der Waals surface area contributed by atoms with E-state index in [1.807, 2.05) is 28.1 Å². The molecule has 0 spiro atoms. The fourth-order valence-corrected chi connectivity index (χ4v) is 4.28. The topological polar surface area (TPSA) is 77.8 Å². The van der Waals surface area contributed by atoms with E-state index in [2.05, 4.69) is 6.92 Å². The van der Waals surface area contributed by atoms with Gasteiger partial charge in [0.05, 0.1) is 21.1 Å². The molecule has 0 fully saturated rings. The smallest absolute Gasteiger partial charge is 0.363 e. The molecule has 0 aliphatic heterocycles. The summed E-state index contributed by atoms with van der Waals surface area (Å²) in [5.41, 5.74) is 0. The lowest BCUT2D eigenvalue weighted by molar-refractivity contribution is -0.902. The highest BCUT2D eigenvalue weighted by Crippen LogP contribution is 2.55.